The Morgan fingerprint density at radius 3 is 2.76 bits per heavy atom. The topological polar surface area (TPSA) is 38.1 Å². The van der Waals surface area contributed by atoms with E-state index in [-0.39, 0.29) is 0 Å². The Balaban J connectivity index is 2.69. The molecule has 2 aromatic rings. The number of nitrogens with zero attached hydrogens (tertiary/aromatic N) is 1. The average molecular weight is 230 g/mol. The summed E-state index contributed by atoms with van der Waals surface area (Å²) < 4.78 is 5.39. The lowest BCUT2D eigenvalue weighted by Crippen LogP contribution is -2.04. The van der Waals surface area contributed by atoms with Gasteiger partial charge in [-0.2, -0.15) is 0 Å². The predicted molar refractivity (Wildman–Crippen MR) is 70.8 cm³/mol. The van der Waals surface area contributed by atoms with Crippen LogP contribution in [0.5, 0.6) is 0 Å². The summed E-state index contributed by atoms with van der Waals surface area (Å²) in [5.41, 5.74) is 4.25. The largest absolute Gasteiger partial charge is 0.388 e. The van der Waals surface area contributed by atoms with Crippen molar-refractivity contribution in [3.8, 4) is 0 Å². The fourth-order valence-corrected chi connectivity index (χ4v) is 2.13. The van der Waals surface area contributed by atoms with Crippen LogP contribution in [-0.2, 0) is 0 Å². The minimum atomic E-state index is 0.467. The number of fused-ring (bicyclic) bond motifs is 1. The number of aromatic nitrogens is 1. The number of hydrogen-bond acceptors (Lipinski definition) is 3. The van der Waals surface area contributed by atoms with Gasteiger partial charge in [0.05, 0.1) is 6.20 Å². The van der Waals surface area contributed by atoms with Crippen LogP contribution in [-0.4, -0.2) is 12.2 Å². The summed E-state index contributed by atoms with van der Waals surface area (Å²) in [6, 6.07) is 4.25. The van der Waals surface area contributed by atoms with Crippen molar-refractivity contribution in [2.45, 2.75) is 26.7 Å². The number of nitrogens with one attached hydrogen (secondary N) is 1. The molecule has 0 aliphatic heterocycles. The normalized spacial score (nSPS) is 12.4. The summed E-state index contributed by atoms with van der Waals surface area (Å²) >= 11 is 0. The zero-order chi connectivity index (χ0) is 12.4. The highest BCUT2D eigenvalue weighted by Crippen LogP contribution is 2.30. The van der Waals surface area contributed by atoms with Crippen molar-refractivity contribution in [1.29, 1.82) is 0 Å². The molecule has 1 aromatic carbocycles. The maximum Gasteiger partial charge on any atom is 0.176 e. The molecule has 0 bridgehead atoms. The first-order chi connectivity index (χ1) is 8.19. The van der Waals surface area contributed by atoms with E-state index in [2.05, 4.69) is 36.5 Å². The van der Waals surface area contributed by atoms with Gasteiger partial charge in [0.15, 0.2) is 5.58 Å². The average Bonchev–Trinajstić information content (AvgIpc) is 2.79. The van der Waals surface area contributed by atoms with Gasteiger partial charge in [0.25, 0.3) is 0 Å². The van der Waals surface area contributed by atoms with E-state index in [0.29, 0.717) is 5.92 Å². The Labute approximate surface area is 101 Å². The first kappa shape index (κ1) is 11.7. The summed E-state index contributed by atoms with van der Waals surface area (Å²) in [5.74, 6) is 0.467. The summed E-state index contributed by atoms with van der Waals surface area (Å²) in [4.78, 5) is 0. The predicted octanol–water partition coefficient (Wildman–Crippen LogP) is 3.53. The van der Waals surface area contributed by atoms with Crippen LogP contribution in [0.1, 0.15) is 37.8 Å². The van der Waals surface area contributed by atoms with E-state index in [4.69, 9.17) is 4.52 Å². The molecule has 3 nitrogen and oxygen atoms in total. The Bertz CT molecular complexity index is 552. The lowest BCUT2D eigenvalue weighted by atomic mass is 9.96. The van der Waals surface area contributed by atoms with Gasteiger partial charge in [0.2, 0.25) is 0 Å². The van der Waals surface area contributed by atoms with E-state index in [1.807, 2.05) is 20.0 Å². The molecular weight excluding hydrogens is 212 g/mol. The maximum atomic E-state index is 5.39. The Hall–Kier alpha value is -1.77. The van der Waals surface area contributed by atoms with Crippen molar-refractivity contribution in [3.63, 3.8) is 0 Å². The summed E-state index contributed by atoms with van der Waals surface area (Å²) in [7, 11) is 1.91. The molecule has 0 saturated carbocycles. The number of hydrogen-bond donors (Lipinski definition) is 1. The molecular formula is C14H18N2O. The second kappa shape index (κ2) is 4.62. The van der Waals surface area contributed by atoms with Crippen LogP contribution in [0.4, 0.5) is 0 Å². The van der Waals surface area contributed by atoms with Gasteiger partial charge in [-0.25, -0.2) is 0 Å². The molecule has 0 aliphatic carbocycles. The molecule has 90 valence electrons. The number of benzene rings is 1. The van der Waals surface area contributed by atoms with Crippen LogP contribution >= 0.6 is 0 Å². The Morgan fingerprint density at radius 2 is 2.18 bits per heavy atom. The molecule has 0 fully saturated rings. The molecule has 1 N–H and O–H groups in total. The Kier molecular flexibility index (Phi) is 3.18. The third-order valence-corrected chi connectivity index (χ3v) is 3.03. The molecule has 1 heterocycles. The van der Waals surface area contributed by atoms with Crippen LogP contribution in [0, 0.1) is 0 Å². The van der Waals surface area contributed by atoms with Crippen LogP contribution in [0.3, 0.4) is 0 Å². The molecule has 1 aromatic heterocycles. The molecule has 0 atom stereocenters. The Morgan fingerprint density at radius 1 is 1.41 bits per heavy atom. The quantitative estimate of drug-likeness (QED) is 0.876. The van der Waals surface area contributed by atoms with Crippen molar-refractivity contribution in [3.05, 3.63) is 35.5 Å². The number of allylic oxidation sites excluding steroid dienone is 1. The van der Waals surface area contributed by atoms with Gasteiger partial charge < -0.3 is 9.84 Å². The van der Waals surface area contributed by atoms with Crippen molar-refractivity contribution in [2.24, 2.45) is 0 Å². The third kappa shape index (κ3) is 1.93. The first-order valence-electron chi connectivity index (χ1n) is 5.90. The van der Waals surface area contributed by atoms with Gasteiger partial charge in [-0.3, -0.25) is 0 Å². The second-order valence-electron chi connectivity index (χ2n) is 4.38. The minimum absolute atomic E-state index is 0.467. The molecule has 0 radical (unpaired) electrons. The second-order valence-corrected chi connectivity index (χ2v) is 4.38. The van der Waals surface area contributed by atoms with Gasteiger partial charge in [0.1, 0.15) is 0 Å². The highest BCUT2D eigenvalue weighted by molar-refractivity contribution is 5.91. The summed E-state index contributed by atoms with van der Waals surface area (Å²) in [6.45, 7) is 6.36. The zero-order valence-electron chi connectivity index (χ0n) is 10.7. The molecule has 3 heteroatoms. The summed E-state index contributed by atoms with van der Waals surface area (Å²) in [5, 5.41) is 8.20. The SMILES string of the molecule is C/C=C(\NC)c1ccc(C(C)C)c2cnoc12. The van der Waals surface area contributed by atoms with Crippen LogP contribution in [0.2, 0.25) is 0 Å². The highest BCUT2D eigenvalue weighted by atomic mass is 16.5. The van der Waals surface area contributed by atoms with E-state index in [1.54, 1.807) is 6.20 Å². The monoisotopic (exact) mass is 230 g/mol. The number of rotatable bonds is 3. The highest BCUT2D eigenvalue weighted by Gasteiger charge is 2.14. The lowest BCUT2D eigenvalue weighted by molar-refractivity contribution is 0.455. The van der Waals surface area contributed by atoms with Crippen molar-refractivity contribution < 1.29 is 4.52 Å². The van der Waals surface area contributed by atoms with Crippen LogP contribution in [0.15, 0.2) is 28.9 Å². The first-order valence-corrected chi connectivity index (χ1v) is 5.90. The van der Waals surface area contributed by atoms with Crippen molar-refractivity contribution in [2.75, 3.05) is 7.05 Å². The van der Waals surface area contributed by atoms with E-state index in [1.165, 1.54) is 5.56 Å². The third-order valence-electron chi connectivity index (χ3n) is 3.03. The zero-order valence-corrected chi connectivity index (χ0v) is 10.7. The fourth-order valence-electron chi connectivity index (χ4n) is 2.13. The van der Waals surface area contributed by atoms with E-state index in [9.17, 15) is 0 Å². The van der Waals surface area contributed by atoms with Crippen molar-refractivity contribution in [1.82, 2.24) is 10.5 Å². The van der Waals surface area contributed by atoms with E-state index < -0.39 is 0 Å². The van der Waals surface area contributed by atoms with Gasteiger partial charge in [0, 0.05) is 23.7 Å². The molecule has 0 amide bonds. The summed E-state index contributed by atoms with van der Waals surface area (Å²) in [6.07, 6.45) is 3.84. The van der Waals surface area contributed by atoms with Crippen molar-refractivity contribution >= 4 is 16.7 Å². The molecule has 0 saturated heterocycles. The standard InChI is InChI=1S/C14H18N2O/c1-5-13(15-4)11-7-6-10(9(2)3)12-8-16-17-14(11)12/h5-9,15H,1-4H3/b13-5-. The smallest absolute Gasteiger partial charge is 0.176 e. The van der Waals surface area contributed by atoms with Crippen LogP contribution in [0.25, 0.3) is 16.7 Å². The fraction of sp³-hybridized carbons (Fsp3) is 0.357. The van der Waals surface area contributed by atoms with Gasteiger partial charge in [-0.15, -0.1) is 0 Å². The van der Waals surface area contributed by atoms with Gasteiger partial charge in [-0.1, -0.05) is 31.1 Å². The molecule has 0 spiro atoms. The molecule has 17 heavy (non-hydrogen) atoms. The van der Waals surface area contributed by atoms with Gasteiger partial charge >= 0.3 is 0 Å². The maximum absolute atomic E-state index is 5.39. The minimum Gasteiger partial charge on any atom is -0.388 e. The van der Waals surface area contributed by atoms with E-state index in [0.717, 1.165) is 22.2 Å². The van der Waals surface area contributed by atoms with Crippen LogP contribution < -0.4 is 5.32 Å². The molecule has 0 unspecified atom stereocenters. The molecule has 2 rings (SSSR count). The lowest BCUT2D eigenvalue weighted by Gasteiger charge is -2.10. The molecule has 0 aliphatic rings. The van der Waals surface area contributed by atoms with E-state index >= 15 is 0 Å². The van der Waals surface area contributed by atoms with Gasteiger partial charge in [-0.05, 0) is 24.5 Å².